The zero-order valence-corrected chi connectivity index (χ0v) is 19.3. The summed E-state index contributed by atoms with van der Waals surface area (Å²) in [5.74, 6) is 0.00857. The summed E-state index contributed by atoms with van der Waals surface area (Å²) in [5.41, 5.74) is 4.05. The molecule has 0 radical (unpaired) electrons. The third kappa shape index (κ3) is 3.20. The van der Waals surface area contributed by atoms with E-state index in [2.05, 4.69) is 15.4 Å². The lowest BCUT2D eigenvalue weighted by molar-refractivity contribution is -0.139. The van der Waals surface area contributed by atoms with Crippen LogP contribution in [0.4, 0.5) is 0 Å². The normalized spacial score (nSPS) is 20.4. The summed E-state index contributed by atoms with van der Waals surface area (Å²) >= 11 is 1.39. The van der Waals surface area contributed by atoms with Gasteiger partial charge in [-0.2, -0.15) is 17.6 Å². The van der Waals surface area contributed by atoms with E-state index in [1.807, 2.05) is 30.3 Å². The number of benzene rings is 2. The Bertz CT molecular complexity index is 1450. The number of hydrogen-bond acceptors (Lipinski definition) is 7. The Labute approximate surface area is 194 Å². The van der Waals surface area contributed by atoms with Crippen LogP contribution in [0.2, 0.25) is 0 Å². The highest BCUT2D eigenvalue weighted by molar-refractivity contribution is 7.89. The second-order valence-electron chi connectivity index (χ2n) is 8.42. The summed E-state index contributed by atoms with van der Waals surface area (Å²) < 4.78 is 28.2. The number of fused-ring (bicyclic) bond motifs is 2. The van der Waals surface area contributed by atoms with Crippen LogP contribution < -0.4 is 5.32 Å². The average molecular weight is 480 g/mol. The van der Waals surface area contributed by atoms with Gasteiger partial charge in [0.25, 0.3) is 10.0 Å². The van der Waals surface area contributed by atoms with Gasteiger partial charge in [-0.25, -0.2) is 4.98 Å². The van der Waals surface area contributed by atoms with Gasteiger partial charge in [0.05, 0.1) is 32.9 Å². The summed E-state index contributed by atoms with van der Waals surface area (Å²) in [6, 6.07) is 14.7. The molecular formula is C23H21N5O3S2. The molecule has 33 heavy (non-hydrogen) atoms. The third-order valence-corrected chi connectivity index (χ3v) is 8.80. The maximum Gasteiger partial charge on any atom is 0.283 e. The van der Waals surface area contributed by atoms with Crippen LogP contribution in [0.5, 0.6) is 0 Å². The van der Waals surface area contributed by atoms with E-state index in [-0.39, 0.29) is 10.8 Å². The lowest BCUT2D eigenvalue weighted by Gasteiger charge is -2.33. The second kappa shape index (κ2) is 7.47. The number of nitrogens with zero attached hydrogens (tertiary/aromatic N) is 4. The Morgan fingerprint density at radius 2 is 1.97 bits per heavy atom. The molecule has 0 unspecified atom stereocenters. The van der Waals surface area contributed by atoms with Gasteiger partial charge in [-0.1, -0.05) is 30.3 Å². The van der Waals surface area contributed by atoms with Crippen LogP contribution in [0.25, 0.3) is 10.2 Å². The summed E-state index contributed by atoms with van der Waals surface area (Å²) in [7, 11) is -3.83. The van der Waals surface area contributed by atoms with E-state index in [1.54, 1.807) is 28.6 Å². The van der Waals surface area contributed by atoms with Crippen molar-refractivity contribution in [1.29, 1.82) is 0 Å². The van der Waals surface area contributed by atoms with Crippen molar-refractivity contribution in [1.82, 2.24) is 24.4 Å². The molecule has 8 nitrogen and oxygen atoms in total. The minimum atomic E-state index is -3.83. The smallest absolute Gasteiger partial charge is 0.283 e. The fourth-order valence-corrected chi connectivity index (χ4v) is 6.77. The van der Waals surface area contributed by atoms with E-state index in [9.17, 15) is 13.2 Å². The summed E-state index contributed by atoms with van der Waals surface area (Å²) in [6.45, 7) is 1.42. The van der Waals surface area contributed by atoms with Crippen molar-refractivity contribution in [2.24, 2.45) is 0 Å². The number of hydrogen-bond donors (Lipinski definition) is 1. The molecular weight excluding hydrogens is 458 g/mol. The first kappa shape index (κ1) is 20.5. The van der Waals surface area contributed by atoms with Crippen LogP contribution in [-0.4, -0.2) is 39.9 Å². The van der Waals surface area contributed by atoms with Crippen molar-refractivity contribution in [3.63, 3.8) is 0 Å². The maximum absolute atomic E-state index is 13.6. The Hall–Kier alpha value is -3.08. The molecule has 1 N–H and O–H groups in total. The van der Waals surface area contributed by atoms with Crippen LogP contribution in [-0.2, 0) is 33.4 Å². The van der Waals surface area contributed by atoms with Crippen molar-refractivity contribution in [3.05, 3.63) is 77.1 Å². The number of aromatic nitrogens is 3. The Morgan fingerprint density at radius 1 is 1.12 bits per heavy atom. The molecule has 6 rings (SSSR count). The summed E-state index contributed by atoms with van der Waals surface area (Å²) in [5, 5.41) is 7.80. The summed E-state index contributed by atoms with van der Waals surface area (Å²) in [4.78, 5) is 19.8. The molecule has 4 aromatic rings. The minimum Gasteiger partial charge on any atom is -0.330 e. The highest BCUT2D eigenvalue weighted by atomic mass is 32.2. The SMILES string of the molecule is O=C(N1Cc2cn(S(=O)(=O)c3ccc4ncsc4c3)nc2C1)[C@]1(c2ccccc2)CCCN1. The molecule has 168 valence electrons. The number of rotatable bonds is 4. The fourth-order valence-electron chi connectivity index (χ4n) is 4.79. The molecule has 0 saturated carbocycles. The van der Waals surface area contributed by atoms with Crippen molar-refractivity contribution >= 4 is 37.5 Å². The van der Waals surface area contributed by atoms with Crippen molar-refractivity contribution in [2.45, 2.75) is 36.4 Å². The van der Waals surface area contributed by atoms with E-state index in [0.29, 0.717) is 18.8 Å². The molecule has 1 amide bonds. The van der Waals surface area contributed by atoms with E-state index in [0.717, 1.165) is 44.8 Å². The van der Waals surface area contributed by atoms with Crippen LogP contribution in [0.15, 0.2) is 65.1 Å². The molecule has 10 heteroatoms. The van der Waals surface area contributed by atoms with Crippen LogP contribution >= 0.6 is 11.3 Å². The number of thiazole rings is 1. The first-order valence-corrected chi connectivity index (χ1v) is 13.1. The van der Waals surface area contributed by atoms with Gasteiger partial charge in [0, 0.05) is 18.3 Å². The van der Waals surface area contributed by atoms with E-state index in [1.165, 1.54) is 17.5 Å². The van der Waals surface area contributed by atoms with Gasteiger partial charge in [0.1, 0.15) is 5.54 Å². The van der Waals surface area contributed by atoms with Gasteiger partial charge in [-0.15, -0.1) is 11.3 Å². The predicted molar refractivity (Wildman–Crippen MR) is 124 cm³/mol. The largest absolute Gasteiger partial charge is 0.330 e. The molecule has 0 spiro atoms. The minimum absolute atomic E-state index is 0.00857. The monoisotopic (exact) mass is 479 g/mol. The highest BCUT2D eigenvalue weighted by Gasteiger charge is 2.46. The number of nitrogens with one attached hydrogen (secondary N) is 1. The first-order valence-electron chi connectivity index (χ1n) is 10.7. The quantitative estimate of drug-likeness (QED) is 0.484. The predicted octanol–water partition coefficient (Wildman–Crippen LogP) is 2.85. The van der Waals surface area contributed by atoms with Crippen LogP contribution in [0, 0.1) is 0 Å². The maximum atomic E-state index is 13.6. The van der Waals surface area contributed by atoms with E-state index >= 15 is 0 Å². The van der Waals surface area contributed by atoms with Gasteiger partial charge < -0.3 is 4.90 Å². The molecule has 0 aliphatic carbocycles. The molecule has 2 aliphatic rings. The van der Waals surface area contributed by atoms with E-state index in [4.69, 9.17) is 0 Å². The number of amides is 1. The van der Waals surface area contributed by atoms with Gasteiger partial charge in [0.2, 0.25) is 5.91 Å². The molecule has 2 aromatic carbocycles. The van der Waals surface area contributed by atoms with Crippen LogP contribution in [0.3, 0.4) is 0 Å². The fraction of sp³-hybridized carbons (Fsp3) is 0.261. The summed E-state index contributed by atoms with van der Waals surface area (Å²) in [6.07, 6.45) is 3.19. The molecule has 1 saturated heterocycles. The molecule has 0 bridgehead atoms. The highest BCUT2D eigenvalue weighted by Crippen LogP contribution is 2.36. The third-order valence-electron chi connectivity index (χ3n) is 6.48. The standard InChI is InChI=1S/C23H21N5O3S2/c29-22(23(9-4-10-25-23)17-5-2-1-3-6-17)27-12-16-13-28(26-20(16)14-27)33(30,31)18-7-8-19-21(11-18)32-15-24-19/h1-3,5-8,11,13,15,25H,4,9-10,12,14H2/t23-/m1/s1. The Kier molecular flexibility index (Phi) is 4.65. The lowest BCUT2D eigenvalue weighted by atomic mass is 9.87. The van der Waals surface area contributed by atoms with Crippen molar-refractivity contribution < 1.29 is 13.2 Å². The lowest BCUT2D eigenvalue weighted by Crippen LogP contribution is -2.51. The molecule has 2 aromatic heterocycles. The number of carbonyl (C=O) groups excluding carboxylic acids is 1. The molecule has 1 atom stereocenters. The average Bonchev–Trinajstić information content (AvgIpc) is 3.62. The van der Waals surface area contributed by atoms with Gasteiger partial charge in [0.15, 0.2) is 0 Å². The zero-order chi connectivity index (χ0) is 22.6. The van der Waals surface area contributed by atoms with Gasteiger partial charge in [-0.05, 0) is 43.1 Å². The topological polar surface area (TPSA) is 97.2 Å². The molecule has 2 aliphatic heterocycles. The first-order chi connectivity index (χ1) is 16.0. The van der Waals surface area contributed by atoms with Crippen LogP contribution in [0.1, 0.15) is 29.7 Å². The van der Waals surface area contributed by atoms with Crippen molar-refractivity contribution in [2.75, 3.05) is 6.54 Å². The Morgan fingerprint density at radius 3 is 2.73 bits per heavy atom. The van der Waals surface area contributed by atoms with Gasteiger partial charge >= 0.3 is 0 Å². The molecule has 1 fully saturated rings. The second-order valence-corrected chi connectivity index (χ2v) is 11.1. The van der Waals surface area contributed by atoms with E-state index < -0.39 is 15.6 Å². The van der Waals surface area contributed by atoms with Crippen molar-refractivity contribution in [3.8, 4) is 0 Å². The molecule has 4 heterocycles. The number of carbonyl (C=O) groups is 1. The Balaban J connectivity index is 1.27. The van der Waals surface area contributed by atoms with Gasteiger partial charge in [-0.3, -0.25) is 10.1 Å². The zero-order valence-electron chi connectivity index (χ0n) is 17.6.